The molecule has 0 saturated carbocycles. The summed E-state index contributed by atoms with van der Waals surface area (Å²) < 4.78 is 102. The van der Waals surface area contributed by atoms with Crippen LogP contribution in [0.15, 0.2) is 236 Å². The van der Waals surface area contributed by atoms with Gasteiger partial charge in [-0.2, -0.15) is 0 Å². The molecular formula is C84H114N2O12S3. The number of carbonyl (C=O) groups excluding carboxylic acids is 3. The molecule has 5 aromatic rings. The van der Waals surface area contributed by atoms with Gasteiger partial charge in [-0.1, -0.05) is 265 Å². The minimum Gasteiger partial charge on any atom is -0.462 e. The molecule has 0 heterocycles. The van der Waals surface area contributed by atoms with E-state index in [9.17, 15) is 39.6 Å². The number of benzene rings is 5. The molecule has 0 N–H and O–H groups in total. The van der Waals surface area contributed by atoms with Gasteiger partial charge < -0.3 is 24.0 Å². The van der Waals surface area contributed by atoms with Crippen molar-refractivity contribution in [3.8, 4) is 0 Å². The molecule has 0 aliphatic carbocycles. The zero-order chi connectivity index (χ0) is 72.8. The van der Waals surface area contributed by atoms with Crippen molar-refractivity contribution in [3.63, 3.8) is 0 Å². The van der Waals surface area contributed by atoms with E-state index >= 15 is 0 Å². The van der Waals surface area contributed by atoms with Gasteiger partial charge in [0.15, 0.2) is 14.7 Å². The first-order valence-electron chi connectivity index (χ1n) is 37.1. The zero-order valence-corrected chi connectivity index (χ0v) is 63.2. The number of ether oxygens (including phenoxy) is 3. The van der Waals surface area contributed by atoms with E-state index < -0.39 is 62.1 Å². The van der Waals surface area contributed by atoms with Crippen molar-refractivity contribution in [1.29, 1.82) is 0 Å². The Morgan fingerprint density at radius 1 is 0.376 bits per heavy atom. The molecule has 0 aliphatic rings. The fourth-order valence-corrected chi connectivity index (χ4v) is 15.7. The Labute approximate surface area is 606 Å². The predicted octanol–water partition coefficient (Wildman–Crippen LogP) is 19.2. The Kier molecular flexibility index (Phi) is 40.2. The van der Waals surface area contributed by atoms with Crippen LogP contribution >= 0.6 is 0 Å². The van der Waals surface area contributed by atoms with E-state index in [2.05, 4.69) is 42.7 Å². The van der Waals surface area contributed by atoms with Gasteiger partial charge in [0, 0.05) is 26.2 Å². The number of allylic oxidation sites excluding steroid dienone is 7. The lowest BCUT2D eigenvalue weighted by molar-refractivity contribution is -0.140. The van der Waals surface area contributed by atoms with Crippen LogP contribution in [-0.4, -0.2) is 92.4 Å². The van der Waals surface area contributed by atoms with E-state index in [1.54, 1.807) is 72.8 Å². The van der Waals surface area contributed by atoms with Crippen molar-refractivity contribution in [3.05, 3.63) is 232 Å². The van der Waals surface area contributed by atoms with E-state index in [0.717, 1.165) is 152 Å². The molecule has 0 radical (unpaired) electrons. The van der Waals surface area contributed by atoms with Crippen molar-refractivity contribution in [2.45, 2.75) is 210 Å². The summed E-state index contributed by atoms with van der Waals surface area (Å²) in [5, 5.41) is 0. The molecule has 5 rings (SSSR count). The van der Waals surface area contributed by atoms with Crippen LogP contribution in [0.2, 0.25) is 0 Å². The quantitative estimate of drug-likeness (QED) is 0.0118. The van der Waals surface area contributed by atoms with E-state index in [0.29, 0.717) is 39.0 Å². The molecule has 101 heavy (non-hydrogen) atoms. The van der Waals surface area contributed by atoms with Gasteiger partial charge in [0.05, 0.1) is 34.5 Å². The Morgan fingerprint density at radius 3 is 1.17 bits per heavy atom. The van der Waals surface area contributed by atoms with Gasteiger partial charge >= 0.3 is 17.9 Å². The zero-order valence-electron chi connectivity index (χ0n) is 60.8. The van der Waals surface area contributed by atoms with Crippen LogP contribution in [0.5, 0.6) is 0 Å². The van der Waals surface area contributed by atoms with Gasteiger partial charge in [-0.15, -0.1) is 0 Å². The molecule has 14 nitrogen and oxygen atoms in total. The van der Waals surface area contributed by atoms with Crippen LogP contribution in [-0.2, 0) is 71.1 Å². The van der Waals surface area contributed by atoms with Crippen molar-refractivity contribution in [2.24, 2.45) is 17.8 Å². The number of esters is 3. The molecule has 0 aliphatic heterocycles. The van der Waals surface area contributed by atoms with Crippen molar-refractivity contribution in [2.75, 3.05) is 39.5 Å². The van der Waals surface area contributed by atoms with E-state index in [1.807, 2.05) is 80.9 Å². The number of nitrogens with zero attached hydrogens (tertiary/aromatic N) is 2. The third-order valence-electron chi connectivity index (χ3n) is 18.1. The number of hydrogen-bond donors (Lipinski definition) is 0. The summed E-state index contributed by atoms with van der Waals surface area (Å²) in [5.74, 6) is -2.37. The van der Waals surface area contributed by atoms with Crippen molar-refractivity contribution < 1.29 is 53.8 Å². The van der Waals surface area contributed by atoms with Crippen LogP contribution in [0.3, 0.4) is 0 Å². The van der Waals surface area contributed by atoms with Gasteiger partial charge in [0.1, 0.15) is 0 Å². The number of rotatable bonds is 52. The second kappa shape index (κ2) is 48.3. The second-order valence-electron chi connectivity index (χ2n) is 26.1. The van der Waals surface area contributed by atoms with Gasteiger partial charge in [-0.25, -0.2) is 39.6 Å². The largest absolute Gasteiger partial charge is 0.462 e. The minimum atomic E-state index is -4.26. The van der Waals surface area contributed by atoms with Crippen LogP contribution in [0.25, 0.3) is 0 Å². The van der Waals surface area contributed by atoms with Crippen molar-refractivity contribution >= 4 is 47.4 Å². The first-order valence-corrected chi connectivity index (χ1v) is 41.6. The van der Waals surface area contributed by atoms with E-state index in [1.165, 1.54) is 54.6 Å². The molecule has 0 saturated heterocycles. The summed E-state index contributed by atoms with van der Waals surface area (Å²) in [6.45, 7) is 13.4. The maximum absolute atomic E-state index is 14.2. The maximum Gasteiger partial charge on any atom is 0.350 e. The highest BCUT2D eigenvalue weighted by molar-refractivity contribution is 7.97. The summed E-state index contributed by atoms with van der Waals surface area (Å²) in [6.07, 6.45) is 36.4. The van der Waals surface area contributed by atoms with Crippen molar-refractivity contribution in [1.82, 2.24) is 9.80 Å². The number of unbranched alkanes of at least 4 members (excludes halogenated alkanes) is 13. The van der Waals surface area contributed by atoms with Crippen LogP contribution in [0, 0.1) is 17.8 Å². The molecule has 0 fully saturated rings. The summed E-state index contributed by atoms with van der Waals surface area (Å²) in [6, 6.07) is 44.0. The number of carbonyl (C=O) groups is 3. The first kappa shape index (κ1) is 84.1. The van der Waals surface area contributed by atoms with Gasteiger partial charge in [-0.3, -0.25) is 0 Å². The molecule has 17 heteroatoms. The standard InChI is InChI=1S/C84H114N2O12S3/c1-6-11-14-15-20-40-66-96-82(87)79(99(90,91)76-52-31-23-32-53-76)58-41-51-74(67-73-47-27-21-28-48-73)46-26-16-17-37-61-85(64-42-59-80(100(92,93)77-54-33-24-34-55-77)83(88)97-69-71(9-4)44-12-7-2)62-38-18-19-39-63-86(68-75-49-29-22-30-50-75)65-43-60-81(101(94,95)78-56-35-25-36-57-78)84(89)98-70-72(10-5)45-13-8-3/h21-25,27-36,41-43,47-60,64-65,71-72,74H,6-20,26,37-40,44-46,61-63,66-70H2,1-5H3/b51-41+,64-42+,65-43+,79-58-,80-59-,81-60-. The van der Waals surface area contributed by atoms with Crippen LogP contribution < -0.4 is 0 Å². The fraction of sp³-hybridized carbons (Fsp3) is 0.464. The van der Waals surface area contributed by atoms with Gasteiger partial charge in [-0.05, 0) is 159 Å². The third-order valence-corrected chi connectivity index (χ3v) is 23.4. The highest BCUT2D eigenvalue weighted by Gasteiger charge is 2.31. The SMILES string of the molecule is CCCCCCCCOC(=O)/C(=C/C=C/C(CCCCCCN(/C=C/C=C(/C(=O)OCC(CC)CCCC)S(=O)(=O)c1ccccc1)CCCCCCN(/C=C/C=C(/C(=O)OCC(CC)CCCC)S(=O)(=O)c1ccccc1)Cc1ccccc1)Cc1ccccc1)S(=O)(=O)c1ccccc1. The smallest absolute Gasteiger partial charge is 0.350 e. The summed E-state index contributed by atoms with van der Waals surface area (Å²) >= 11 is 0. The molecule has 0 aromatic heterocycles. The molecule has 550 valence electrons. The molecule has 0 amide bonds. The lowest BCUT2D eigenvalue weighted by Gasteiger charge is -2.22. The molecule has 3 unspecified atom stereocenters. The first-order chi connectivity index (χ1) is 49.0. The monoisotopic (exact) mass is 1440 g/mol. The number of sulfone groups is 3. The molecule has 3 atom stereocenters. The molecule has 0 spiro atoms. The highest BCUT2D eigenvalue weighted by atomic mass is 32.2. The number of hydrogen-bond acceptors (Lipinski definition) is 14. The van der Waals surface area contributed by atoms with Gasteiger partial charge in [0.2, 0.25) is 29.5 Å². The van der Waals surface area contributed by atoms with Crippen LogP contribution in [0.1, 0.15) is 193 Å². The lowest BCUT2D eigenvalue weighted by Crippen LogP contribution is -2.21. The average molecular weight is 1440 g/mol. The second-order valence-corrected chi connectivity index (χ2v) is 31.9. The normalized spacial score (nSPS) is 13.5. The Morgan fingerprint density at radius 2 is 0.733 bits per heavy atom. The summed E-state index contributed by atoms with van der Waals surface area (Å²) in [5.41, 5.74) is 2.20. The topological polar surface area (TPSA) is 188 Å². The van der Waals surface area contributed by atoms with Gasteiger partial charge in [0.25, 0.3) is 0 Å². The Hall–Kier alpha value is -7.60. The highest BCUT2D eigenvalue weighted by Crippen LogP contribution is 2.27. The molecular weight excluding hydrogens is 1330 g/mol. The fourth-order valence-electron chi connectivity index (χ4n) is 11.8. The lowest BCUT2D eigenvalue weighted by atomic mass is 9.93. The predicted molar refractivity (Wildman–Crippen MR) is 409 cm³/mol. The summed E-state index contributed by atoms with van der Waals surface area (Å²) in [7, 11) is -12.7. The van der Waals surface area contributed by atoms with Crippen LogP contribution in [0.4, 0.5) is 0 Å². The molecule has 0 bridgehead atoms. The average Bonchev–Trinajstić information content (AvgIpc) is 0.830. The Balaban J connectivity index is 1.34. The maximum atomic E-state index is 14.2. The molecule has 5 aromatic carbocycles. The van der Waals surface area contributed by atoms with E-state index in [4.69, 9.17) is 14.2 Å². The third kappa shape index (κ3) is 31.3. The summed E-state index contributed by atoms with van der Waals surface area (Å²) in [4.78, 5) is 44.4. The minimum absolute atomic E-state index is 0.00249. The Bertz CT molecular complexity index is 3710. The van der Waals surface area contributed by atoms with E-state index in [-0.39, 0.29) is 52.3 Å².